The highest BCUT2D eigenvalue weighted by Crippen LogP contribution is 2.54. The molecular weight excluding hydrogens is 512 g/mol. The van der Waals surface area contributed by atoms with Gasteiger partial charge in [0, 0.05) is 30.9 Å². The van der Waals surface area contributed by atoms with Crippen LogP contribution in [-0.4, -0.2) is 53.6 Å². The normalized spacial score (nSPS) is 20.1. The molecule has 0 spiro atoms. The lowest BCUT2D eigenvalue weighted by Crippen LogP contribution is -2.53. The van der Waals surface area contributed by atoms with Crippen LogP contribution in [0.25, 0.3) is 0 Å². The fourth-order valence-electron chi connectivity index (χ4n) is 4.50. The molecule has 198 valence electrons. The number of nitrogens with zero attached hydrogens (tertiary/aromatic N) is 2. The van der Waals surface area contributed by atoms with E-state index in [1.807, 2.05) is 44.2 Å². The maximum Gasteiger partial charge on any atom is 0.408 e. The predicted molar refractivity (Wildman–Crippen MR) is 142 cm³/mol. The van der Waals surface area contributed by atoms with E-state index in [0.29, 0.717) is 12.1 Å². The molecule has 9 nitrogen and oxygen atoms in total. The van der Waals surface area contributed by atoms with E-state index in [2.05, 4.69) is 10.3 Å². The summed E-state index contributed by atoms with van der Waals surface area (Å²) in [5, 5.41) is 14.4. The van der Waals surface area contributed by atoms with Crippen LogP contribution in [0.4, 0.5) is 10.5 Å². The number of aliphatic hydroxyl groups is 1. The molecule has 1 aromatic heterocycles. The zero-order chi connectivity index (χ0) is 26.6. The van der Waals surface area contributed by atoms with Gasteiger partial charge >= 0.3 is 6.09 Å². The van der Waals surface area contributed by atoms with Gasteiger partial charge in [-0.2, -0.15) is 4.31 Å². The average Bonchev–Trinajstić information content (AvgIpc) is 3.34. The van der Waals surface area contributed by atoms with E-state index < -0.39 is 27.8 Å². The van der Waals surface area contributed by atoms with E-state index in [1.165, 1.54) is 27.8 Å². The molecule has 1 aliphatic rings. The highest BCUT2D eigenvalue weighted by atomic mass is 32.2. The van der Waals surface area contributed by atoms with Gasteiger partial charge in [-0.3, -0.25) is 4.98 Å². The molecule has 1 aliphatic carbocycles. The van der Waals surface area contributed by atoms with Crippen LogP contribution in [0.15, 0.2) is 71.2 Å². The molecule has 0 aliphatic heterocycles. The number of ether oxygens (including phenoxy) is 1. The zero-order valence-corrected chi connectivity index (χ0v) is 22.4. The molecule has 1 fully saturated rings. The first-order valence-electron chi connectivity index (χ1n) is 12.0. The van der Waals surface area contributed by atoms with Crippen LogP contribution in [0.2, 0.25) is 0 Å². The van der Waals surface area contributed by atoms with E-state index in [0.717, 1.165) is 10.4 Å². The van der Waals surface area contributed by atoms with Gasteiger partial charge in [0.15, 0.2) is 0 Å². The number of carbonyl (C=O) groups is 1. The van der Waals surface area contributed by atoms with Gasteiger partial charge in [0.25, 0.3) is 0 Å². The van der Waals surface area contributed by atoms with Gasteiger partial charge in [0.1, 0.15) is 6.61 Å². The first kappa shape index (κ1) is 27.1. The molecule has 1 amide bonds. The van der Waals surface area contributed by atoms with Gasteiger partial charge in [-0.25, -0.2) is 13.2 Å². The van der Waals surface area contributed by atoms with Crippen molar-refractivity contribution < 1.29 is 23.1 Å². The first-order valence-corrected chi connectivity index (χ1v) is 14.3. The van der Waals surface area contributed by atoms with Crippen LogP contribution in [0.3, 0.4) is 0 Å². The number of anilines is 1. The summed E-state index contributed by atoms with van der Waals surface area (Å²) in [4.78, 5) is 17.6. The largest absolute Gasteiger partial charge is 0.444 e. The Morgan fingerprint density at radius 1 is 1.24 bits per heavy atom. The fourth-order valence-corrected chi connectivity index (χ4v) is 6.67. The topological polar surface area (TPSA) is 135 Å². The summed E-state index contributed by atoms with van der Waals surface area (Å²) >= 11 is 1.37. The number of nitrogens with one attached hydrogen (secondary N) is 1. The molecule has 0 saturated heterocycles. The van der Waals surface area contributed by atoms with Gasteiger partial charge in [-0.1, -0.05) is 50.2 Å². The minimum Gasteiger partial charge on any atom is -0.444 e. The molecule has 0 radical (unpaired) electrons. The fraction of sp³-hybridized carbons (Fsp3) is 0.385. The summed E-state index contributed by atoms with van der Waals surface area (Å²) in [6.45, 7) is 3.86. The summed E-state index contributed by atoms with van der Waals surface area (Å²) in [7, 11) is -3.95. The van der Waals surface area contributed by atoms with Crippen molar-refractivity contribution in [2.24, 2.45) is 5.92 Å². The number of thiazole rings is 1. The van der Waals surface area contributed by atoms with E-state index in [1.54, 1.807) is 23.8 Å². The molecule has 1 saturated carbocycles. The molecule has 3 aromatic rings. The molecule has 0 bridgehead atoms. The molecule has 4 N–H and O–H groups in total. The van der Waals surface area contributed by atoms with Crippen LogP contribution in [0.1, 0.15) is 36.6 Å². The predicted octanol–water partition coefficient (Wildman–Crippen LogP) is 3.59. The van der Waals surface area contributed by atoms with Crippen molar-refractivity contribution >= 4 is 33.1 Å². The third-order valence-corrected chi connectivity index (χ3v) is 8.99. The second-order valence-electron chi connectivity index (χ2n) is 9.68. The van der Waals surface area contributed by atoms with Crippen molar-refractivity contribution in [3.05, 3.63) is 76.7 Å². The number of nitrogens with two attached hydrogens (primary N) is 1. The summed E-state index contributed by atoms with van der Waals surface area (Å²) in [6.07, 6.45) is 0.197. The molecule has 1 heterocycles. The Bertz CT molecular complexity index is 1300. The summed E-state index contributed by atoms with van der Waals surface area (Å²) < 4.78 is 33.8. The van der Waals surface area contributed by atoms with Gasteiger partial charge in [0.05, 0.1) is 26.9 Å². The van der Waals surface area contributed by atoms with E-state index >= 15 is 0 Å². The lowest BCUT2D eigenvalue weighted by atomic mass is 10.0. The number of alkyl carbamates (subject to hydrolysis) is 1. The Kier molecular flexibility index (Phi) is 8.17. The number of benzene rings is 2. The summed E-state index contributed by atoms with van der Waals surface area (Å²) in [5.74, 6) is -0.198. The van der Waals surface area contributed by atoms with Gasteiger partial charge in [0.2, 0.25) is 10.0 Å². The number of rotatable bonds is 11. The maximum atomic E-state index is 13.6. The van der Waals surface area contributed by atoms with E-state index in [4.69, 9.17) is 10.5 Å². The van der Waals surface area contributed by atoms with E-state index in [9.17, 15) is 18.3 Å². The minimum atomic E-state index is -3.95. The minimum absolute atomic E-state index is 0.000405. The molecule has 2 unspecified atom stereocenters. The number of nitrogen functional groups attached to an aromatic ring is 1. The maximum absolute atomic E-state index is 13.6. The summed E-state index contributed by atoms with van der Waals surface area (Å²) in [6, 6.07) is 15.6. The van der Waals surface area contributed by atoms with Crippen molar-refractivity contribution in [2.45, 2.75) is 49.3 Å². The van der Waals surface area contributed by atoms with Crippen molar-refractivity contribution in [3.63, 3.8) is 0 Å². The van der Waals surface area contributed by atoms with Crippen molar-refractivity contribution in [3.8, 4) is 0 Å². The third kappa shape index (κ3) is 6.30. The molecule has 2 aromatic carbocycles. The smallest absolute Gasteiger partial charge is 0.408 e. The van der Waals surface area contributed by atoms with Crippen LogP contribution in [0.5, 0.6) is 0 Å². The van der Waals surface area contributed by atoms with Crippen LogP contribution < -0.4 is 11.1 Å². The van der Waals surface area contributed by atoms with Gasteiger partial charge in [-0.15, -0.1) is 11.3 Å². The highest BCUT2D eigenvalue weighted by molar-refractivity contribution is 7.89. The van der Waals surface area contributed by atoms with E-state index in [-0.39, 0.29) is 36.4 Å². The van der Waals surface area contributed by atoms with Crippen LogP contribution >= 0.6 is 11.3 Å². The van der Waals surface area contributed by atoms with Crippen LogP contribution in [-0.2, 0) is 21.4 Å². The standard InChI is InChI=1S/C26H32N4O5S2/c1-18(2)14-30(37(33,34)22-10-6-9-20(27)11-22)15-24(31)26(12-23(26)19-7-4-3-5-8-19)29-25(32)35-16-21-13-28-17-36-21/h3-11,13,17-18,23-24,31H,12,14-16,27H2,1-2H3,(H,29,32)/t23?,24-,26?/m1/s1. The number of sulfonamides is 1. The third-order valence-electron chi connectivity index (χ3n) is 6.41. The monoisotopic (exact) mass is 544 g/mol. The Labute approximate surface area is 221 Å². The first-order chi connectivity index (χ1) is 17.6. The average molecular weight is 545 g/mol. The Morgan fingerprint density at radius 2 is 2.00 bits per heavy atom. The SMILES string of the molecule is CC(C)CN(C[C@@H](O)C1(NC(=O)OCc2cncs2)CC1c1ccccc1)S(=O)(=O)c1cccc(N)c1. The lowest BCUT2D eigenvalue weighted by molar-refractivity contribution is 0.0766. The Balaban J connectivity index is 1.58. The number of hydrogen-bond donors (Lipinski definition) is 3. The van der Waals surface area contributed by atoms with Crippen molar-refractivity contribution in [1.29, 1.82) is 0 Å². The second-order valence-corrected chi connectivity index (χ2v) is 12.6. The van der Waals surface area contributed by atoms with Crippen molar-refractivity contribution in [2.75, 3.05) is 18.8 Å². The second kappa shape index (κ2) is 11.2. The molecule has 3 atom stereocenters. The highest BCUT2D eigenvalue weighted by Gasteiger charge is 2.61. The zero-order valence-electron chi connectivity index (χ0n) is 20.8. The molecule has 37 heavy (non-hydrogen) atoms. The van der Waals surface area contributed by atoms with Gasteiger partial charge < -0.3 is 20.9 Å². The number of amides is 1. The number of aromatic nitrogens is 1. The Morgan fingerprint density at radius 3 is 2.65 bits per heavy atom. The van der Waals surface area contributed by atoms with Crippen molar-refractivity contribution in [1.82, 2.24) is 14.6 Å². The number of aliphatic hydroxyl groups excluding tert-OH is 1. The number of hydrogen-bond acceptors (Lipinski definition) is 8. The summed E-state index contributed by atoms with van der Waals surface area (Å²) in [5.41, 5.74) is 7.69. The van der Waals surface area contributed by atoms with Crippen LogP contribution in [0, 0.1) is 5.92 Å². The molecule has 4 rings (SSSR count). The lowest BCUT2D eigenvalue weighted by Gasteiger charge is -2.31. The number of carbonyl (C=O) groups excluding carboxylic acids is 1. The molecular formula is C26H32N4O5S2. The molecule has 11 heteroatoms. The van der Waals surface area contributed by atoms with Gasteiger partial charge in [-0.05, 0) is 36.1 Å². The Hall–Kier alpha value is -2.99. The quantitative estimate of drug-likeness (QED) is 0.314.